The number of hydrogen-bond donors (Lipinski definition) is 2. The van der Waals surface area contributed by atoms with Gasteiger partial charge in [0.05, 0.1) is 5.02 Å². The zero-order valence-corrected chi connectivity index (χ0v) is 12.2. The molecule has 1 unspecified atom stereocenters. The number of nitrogens with zero attached hydrogens (tertiary/aromatic N) is 1. The minimum absolute atomic E-state index is 0.00784. The standard InChI is InChI=1S/C14H19ClN2O3/c1-17-5-3-2-4-10(17)8-20-13-11(14(18)19)6-9(16)7-12(13)15/h6-7,10H,2-5,8,16H2,1H3,(H,18,19). The topological polar surface area (TPSA) is 75.8 Å². The maximum absolute atomic E-state index is 11.2. The van der Waals surface area contributed by atoms with Crippen LogP contribution in [0.2, 0.25) is 5.02 Å². The Bertz CT molecular complexity index is 507. The van der Waals surface area contributed by atoms with Crippen molar-refractivity contribution in [2.24, 2.45) is 0 Å². The molecule has 0 amide bonds. The number of nitrogens with two attached hydrogens (primary N) is 1. The summed E-state index contributed by atoms with van der Waals surface area (Å²) in [5, 5.41) is 9.44. The third-order valence-electron chi connectivity index (χ3n) is 3.64. The number of aromatic carboxylic acids is 1. The highest BCUT2D eigenvalue weighted by Crippen LogP contribution is 2.32. The van der Waals surface area contributed by atoms with Gasteiger partial charge in [-0.25, -0.2) is 4.79 Å². The van der Waals surface area contributed by atoms with E-state index in [1.807, 2.05) is 0 Å². The summed E-state index contributed by atoms with van der Waals surface area (Å²) in [7, 11) is 2.05. The van der Waals surface area contributed by atoms with Gasteiger partial charge in [0.1, 0.15) is 12.2 Å². The second-order valence-corrected chi connectivity index (χ2v) is 5.53. The summed E-state index contributed by atoms with van der Waals surface area (Å²) in [6.45, 7) is 1.47. The molecule has 0 saturated carbocycles. The van der Waals surface area contributed by atoms with Crippen LogP contribution in [0.25, 0.3) is 0 Å². The van der Waals surface area contributed by atoms with Crippen molar-refractivity contribution in [1.82, 2.24) is 4.90 Å². The number of hydrogen-bond acceptors (Lipinski definition) is 4. The van der Waals surface area contributed by atoms with Crippen LogP contribution < -0.4 is 10.5 Å². The van der Waals surface area contributed by atoms with E-state index >= 15 is 0 Å². The van der Waals surface area contributed by atoms with Crippen LogP contribution in [0.3, 0.4) is 0 Å². The SMILES string of the molecule is CN1CCCCC1COc1c(Cl)cc(N)cc1C(=O)O. The molecule has 1 aliphatic rings. The van der Waals surface area contributed by atoms with Crippen molar-refractivity contribution in [3.05, 3.63) is 22.7 Å². The van der Waals surface area contributed by atoms with Gasteiger partial charge in [0.2, 0.25) is 0 Å². The number of likely N-dealkylation sites (N-methyl/N-ethyl adjacent to an activating group) is 1. The van der Waals surface area contributed by atoms with Crippen molar-refractivity contribution in [2.45, 2.75) is 25.3 Å². The highest BCUT2D eigenvalue weighted by atomic mass is 35.5. The first-order valence-electron chi connectivity index (χ1n) is 6.64. The molecule has 0 spiro atoms. The summed E-state index contributed by atoms with van der Waals surface area (Å²) in [6.07, 6.45) is 3.40. The van der Waals surface area contributed by atoms with Crippen molar-refractivity contribution in [2.75, 3.05) is 25.9 Å². The van der Waals surface area contributed by atoms with Crippen LogP contribution in [0.5, 0.6) is 5.75 Å². The number of likely N-dealkylation sites (tertiary alicyclic amines) is 1. The number of carbonyl (C=O) groups is 1. The summed E-state index contributed by atoms with van der Waals surface area (Å²) in [6, 6.07) is 3.17. The van der Waals surface area contributed by atoms with E-state index in [2.05, 4.69) is 11.9 Å². The number of benzene rings is 1. The predicted molar refractivity (Wildman–Crippen MR) is 78.6 cm³/mol. The number of nitrogen functional groups attached to an aromatic ring is 1. The number of ether oxygens (including phenoxy) is 1. The van der Waals surface area contributed by atoms with Crippen molar-refractivity contribution < 1.29 is 14.6 Å². The van der Waals surface area contributed by atoms with Crippen LogP contribution >= 0.6 is 11.6 Å². The molecule has 110 valence electrons. The molecule has 0 bridgehead atoms. The van der Waals surface area contributed by atoms with E-state index in [4.69, 9.17) is 22.1 Å². The third-order valence-corrected chi connectivity index (χ3v) is 3.92. The molecular formula is C14H19ClN2O3. The first-order chi connectivity index (χ1) is 9.49. The molecule has 1 atom stereocenters. The van der Waals surface area contributed by atoms with E-state index in [9.17, 15) is 9.90 Å². The molecule has 6 heteroatoms. The second kappa shape index (κ2) is 6.33. The zero-order valence-electron chi connectivity index (χ0n) is 11.4. The van der Waals surface area contributed by atoms with Crippen molar-refractivity contribution in [3.63, 3.8) is 0 Å². The van der Waals surface area contributed by atoms with Gasteiger partial charge >= 0.3 is 5.97 Å². The molecule has 2 rings (SSSR count). The fourth-order valence-corrected chi connectivity index (χ4v) is 2.74. The molecule has 0 aromatic heterocycles. The Kier molecular flexibility index (Phi) is 4.73. The van der Waals surface area contributed by atoms with Crippen LogP contribution in [-0.2, 0) is 0 Å². The van der Waals surface area contributed by atoms with E-state index in [-0.39, 0.29) is 16.3 Å². The molecule has 1 saturated heterocycles. The molecule has 1 fully saturated rings. The van der Waals surface area contributed by atoms with E-state index in [1.54, 1.807) is 0 Å². The van der Waals surface area contributed by atoms with E-state index < -0.39 is 5.97 Å². The summed E-state index contributed by atoms with van der Waals surface area (Å²) in [4.78, 5) is 13.5. The van der Waals surface area contributed by atoms with Gasteiger partial charge in [-0.15, -0.1) is 0 Å². The summed E-state index contributed by atoms with van der Waals surface area (Å²) < 4.78 is 5.68. The monoisotopic (exact) mass is 298 g/mol. The largest absolute Gasteiger partial charge is 0.489 e. The van der Waals surface area contributed by atoms with Crippen LogP contribution in [0, 0.1) is 0 Å². The van der Waals surface area contributed by atoms with Crippen LogP contribution in [-0.4, -0.2) is 42.2 Å². The Morgan fingerprint density at radius 1 is 1.55 bits per heavy atom. The number of anilines is 1. The van der Waals surface area contributed by atoms with Crippen LogP contribution in [0.15, 0.2) is 12.1 Å². The normalized spacial score (nSPS) is 19.8. The van der Waals surface area contributed by atoms with Gasteiger partial charge in [0.25, 0.3) is 0 Å². The first-order valence-corrected chi connectivity index (χ1v) is 7.02. The Morgan fingerprint density at radius 3 is 2.95 bits per heavy atom. The summed E-state index contributed by atoms with van der Waals surface area (Å²) in [5.41, 5.74) is 5.94. The first kappa shape index (κ1) is 14.9. The van der Waals surface area contributed by atoms with Gasteiger partial charge in [-0.3, -0.25) is 0 Å². The predicted octanol–water partition coefficient (Wildman–Crippen LogP) is 2.48. The molecule has 1 aliphatic heterocycles. The van der Waals surface area contributed by atoms with Gasteiger partial charge in [-0.1, -0.05) is 18.0 Å². The number of halogens is 1. The van der Waals surface area contributed by atoms with Crippen molar-refractivity contribution in [3.8, 4) is 5.75 Å². The van der Waals surface area contributed by atoms with Crippen LogP contribution in [0.1, 0.15) is 29.6 Å². The Labute approximate surface area is 123 Å². The fourth-order valence-electron chi connectivity index (χ4n) is 2.45. The fraction of sp³-hybridized carbons (Fsp3) is 0.500. The Balaban J connectivity index is 2.14. The molecule has 0 radical (unpaired) electrons. The van der Waals surface area contributed by atoms with Crippen LogP contribution in [0.4, 0.5) is 5.69 Å². The number of piperidine rings is 1. The highest BCUT2D eigenvalue weighted by Gasteiger charge is 2.22. The maximum atomic E-state index is 11.2. The second-order valence-electron chi connectivity index (χ2n) is 5.13. The van der Waals surface area contributed by atoms with Gasteiger partial charge in [-0.2, -0.15) is 0 Å². The smallest absolute Gasteiger partial charge is 0.339 e. The molecule has 1 aromatic carbocycles. The average molecular weight is 299 g/mol. The minimum Gasteiger partial charge on any atom is -0.489 e. The van der Waals surface area contributed by atoms with Crippen molar-refractivity contribution >= 4 is 23.3 Å². The Hall–Kier alpha value is -1.46. The zero-order chi connectivity index (χ0) is 14.7. The van der Waals surface area contributed by atoms with Gasteiger partial charge in [-0.05, 0) is 38.6 Å². The lowest BCUT2D eigenvalue weighted by Crippen LogP contribution is -2.40. The molecular weight excluding hydrogens is 280 g/mol. The molecule has 5 nitrogen and oxygen atoms in total. The van der Waals surface area contributed by atoms with E-state index in [0.717, 1.165) is 13.0 Å². The number of carboxylic acid groups (broad SMARTS) is 1. The minimum atomic E-state index is -1.09. The van der Waals surface area contributed by atoms with E-state index in [1.165, 1.54) is 25.0 Å². The average Bonchev–Trinajstić information content (AvgIpc) is 2.38. The highest BCUT2D eigenvalue weighted by molar-refractivity contribution is 6.33. The molecule has 0 aliphatic carbocycles. The number of carboxylic acids is 1. The van der Waals surface area contributed by atoms with E-state index in [0.29, 0.717) is 18.3 Å². The molecule has 3 N–H and O–H groups in total. The Morgan fingerprint density at radius 2 is 2.30 bits per heavy atom. The maximum Gasteiger partial charge on any atom is 0.339 e. The molecule has 20 heavy (non-hydrogen) atoms. The lowest BCUT2D eigenvalue weighted by molar-refractivity contribution is 0.0688. The van der Waals surface area contributed by atoms with Gasteiger partial charge in [0.15, 0.2) is 5.75 Å². The third kappa shape index (κ3) is 3.35. The van der Waals surface area contributed by atoms with Gasteiger partial charge < -0.3 is 20.5 Å². The quantitative estimate of drug-likeness (QED) is 0.835. The molecule has 1 aromatic rings. The lowest BCUT2D eigenvalue weighted by atomic mass is 10.0. The molecule has 1 heterocycles. The summed E-state index contributed by atoms with van der Waals surface area (Å²) >= 11 is 6.05. The number of rotatable bonds is 4. The van der Waals surface area contributed by atoms with Crippen molar-refractivity contribution in [1.29, 1.82) is 0 Å². The van der Waals surface area contributed by atoms with Gasteiger partial charge in [0, 0.05) is 11.7 Å². The summed E-state index contributed by atoms with van der Waals surface area (Å²) in [5.74, 6) is -0.890. The lowest BCUT2D eigenvalue weighted by Gasteiger charge is -2.32.